The average molecular weight is 247 g/mol. The van der Waals surface area contributed by atoms with Gasteiger partial charge >= 0.3 is 12.1 Å². The van der Waals surface area contributed by atoms with Gasteiger partial charge in [0.05, 0.1) is 0 Å². The highest BCUT2D eigenvalue weighted by Gasteiger charge is 2.03. The molecular formula is C10H21N3O4. The average Bonchev–Trinajstić information content (AvgIpc) is 2.30. The van der Waals surface area contributed by atoms with E-state index in [1.54, 1.807) is 0 Å². The SMILES string of the molecule is NCCCNCCCCNC(=O)OCC(=O)O. The molecule has 0 heterocycles. The van der Waals surface area contributed by atoms with Crippen LogP contribution in [-0.4, -0.2) is 50.0 Å². The molecular weight excluding hydrogens is 226 g/mol. The molecule has 0 atom stereocenters. The van der Waals surface area contributed by atoms with E-state index in [0.29, 0.717) is 13.1 Å². The predicted molar refractivity (Wildman–Crippen MR) is 62.8 cm³/mol. The van der Waals surface area contributed by atoms with Crippen LogP contribution in [0.3, 0.4) is 0 Å². The van der Waals surface area contributed by atoms with Gasteiger partial charge in [-0.25, -0.2) is 9.59 Å². The minimum Gasteiger partial charge on any atom is -0.479 e. The minimum atomic E-state index is -1.16. The molecule has 0 aromatic heterocycles. The van der Waals surface area contributed by atoms with Gasteiger partial charge in [0, 0.05) is 6.54 Å². The van der Waals surface area contributed by atoms with Gasteiger partial charge in [-0.05, 0) is 38.9 Å². The lowest BCUT2D eigenvalue weighted by atomic mass is 10.3. The van der Waals surface area contributed by atoms with Crippen molar-refractivity contribution in [2.75, 3.05) is 32.8 Å². The van der Waals surface area contributed by atoms with Gasteiger partial charge < -0.3 is 26.2 Å². The first-order valence-electron chi connectivity index (χ1n) is 5.70. The Kier molecular flexibility index (Phi) is 10.3. The zero-order valence-corrected chi connectivity index (χ0v) is 9.91. The van der Waals surface area contributed by atoms with E-state index in [4.69, 9.17) is 10.8 Å². The normalized spacial score (nSPS) is 9.94. The lowest BCUT2D eigenvalue weighted by Crippen LogP contribution is -2.28. The van der Waals surface area contributed by atoms with Crippen molar-refractivity contribution in [3.05, 3.63) is 0 Å². The molecule has 1 amide bonds. The maximum absolute atomic E-state index is 10.9. The molecule has 0 aliphatic rings. The highest BCUT2D eigenvalue weighted by atomic mass is 16.6. The van der Waals surface area contributed by atoms with Gasteiger partial charge in [-0.1, -0.05) is 0 Å². The van der Waals surface area contributed by atoms with Crippen LogP contribution in [0.15, 0.2) is 0 Å². The van der Waals surface area contributed by atoms with Crippen molar-refractivity contribution >= 4 is 12.1 Å². The predicted octanol–water partition coefficient (Wildman–Crippen LogP) is -0.484. The Hall–Kier alpha value is -1.34. The summed E-state index contributed by atoms with van der Waals surface area (Å²) in [5.74, 6) is -1.16. The molecule has 0 aliphatic heterocycles. The molecule has 0 aromatic carbocycles. The summed E-state index contributed by atoms with van der Waals surface area (Å²) in [6, 6.07) is 0. The fourth-order valence-corrected chi connectivity index (χ4v) is 1.10. The third kappa shape index (κ3) is 12.6. The van der Waals surface area contributed by atoms with Crippen molar-refractivity contribution in [2.45, 2.75) is 19.3 Å². The standard InChI is InChI=1S/C10H21N3O4/c11-4-3-6-12-5-1-2-7-13-10(16)17-8-9(14)15/h12H,1-8,11H2,(H,13,16)(H,14,15). The van der Waals surface area contributed by atoms with Crippen LogP contribution in [0.25, 0.3) is 0 Å². The number of carbonyl (C=O) groups excluding carboxylic acids is 1. The van der Waals surface area contributed by atoms with Crippen molar-refractivity contribution in [3.8, 4) is 0 Å². The number of aliphatic carboxylic acids is 1. The van der Waals surface area contributed by atoms with E-state index in [9.17, 15) is 9.59 Å². The fourth-order valence-electron chi connectivity index (χ4n) is 1.10. The number of nitrogens with two attached hydrogens (primary N) is 1. The van der Waals surface area contributed by atoms with Crippen molar-refractivity contribution in [3.63, 3.8) is 0 Å². The highest BCUT2D eigenvalue weighted by molar-refractivity contribution is 5.73. The number of carboxylic acid groups (broad SMARTS) is 1. The highest BCUT2D eigenvalue weighted by Crippen LogP contribution is 1.86. The maximum atomic E-state index is 10.9. The van der Waals surface area contributed by atoms with Crippen LogP contribution in [0, 0.1) is 0 Å². The second-order valence-corrected chi connectivity index (χ2v) is 3.50. The van der Waals surface area contributed by atoms with Gasteiger partial charge in [-0.2, -0.15) is 0 Å². The second kappa shape index (κ2) is 11.2. The Morgan fingerprint density at radius 3 is 2.41 bits per heavy atom. The number of ether oxygens (including phenoxy) is 1. The molecule has 0 aliphatic carbocycles. The Balaban J connectivity index is 3.16. The van der Waals surface area contributed by atoms with Crippen molar-refractivity contribution < 1.29 is 19.4 Å². The van der Waals surface area contributed by atoms with Crippen molar-refractivity contribution in [1.29, 1.82) is 0 Å². The third-order valence-corrected chi connectivity index (χ3v) is 1.93. The number of hydrogen-bond acceptors (Lipinski definition) is 5. The van der Waals surface area contributed by atoms with E-state index in [1.807, 2.05) is 0 Å². The lowest BCUT2D eigenvalue weighted by molar-refractivity contribution is -0.140. The summed E-state index contributed by atoms with van der Waals surface area (Å²) in [6.07, 6.45) is 2.02. The summed E-state index contributed by atoms with van der Waals surface area (Å²) in [6.45, 7) is 2.35. The van der Waals surface area contributed by atoms with Crippen LogP contribution in [0.4, 0.5) is 4.79 Å². The van der Waals surface area contributed by atoms with E-state index in [0.717, 1.165) is 32.4 Å². The lowest BCUT2D eigenvalue weighted by Gasteiger charge is -2.05. The number of carbonyl (C=O) groups is 2. The van der Waals surface area contributed by atoms with E-state index < -0.39 is 18.7 Å². The molecule has 0 rings (SSSR count). The molecule has 7 heteroatoms. The third-order valence-electron chi connectivity index (χ3n) is 1.93. The topological polar surface area (TPSA) is 114 Å². The van der Waals surface area contributed by atoms with Crippen LogP contribution in [0.1, 0.15) is 19.3 Å². The summed E-state index contributed by atoms with van der Waals surface area (Å²) in [4.78, 5) is 21.0. The molecule has 0 saturated heterocycles. The van der Waals surface area contributed by atoms with Gasteiger partial charge in [0.15, 0.2) is 6.61 Å². The smallest absolute Gasteiger partial charge is 0.407 e. The van der Waals surface area contributed by atoms with E-state index in [-0.39, 0.29) is 0 Å². The van der Waals surface area contributed by atoms with Crippen LogP contribution >= 0.6 is 0 Å². The first-order valence-corrected chi connectivity index (χ1v) is 5.70. The van der Waals surface area contributed by atoms with Crippen LogP contribution in [0.2, 0.25) is 0 Å². The van der Waals surface area contributed by atoms with Gasteiger partial charge in [0.25, 0.3) is 0 Å². The quantitative estimate of drug-likeness (QED) is 0.388. The number of rotatable bonds is 10. The molecule has 0 spiro atoms. The molecule has 0 bridgehead atoms. The Morgan fingerprint density at radius 2 is 1.76 bits per heavy atom. The Morgan fingerprint density at radius 1 is 1.12 bits per heavy atom. The molecule has 5 N–H and O–H groups in total. The molecule has 0 radical (unpaired) electrons. The monoisotopic (exact) mass is 247 g/mol. The van der Waals surface area contributed by atoms with Crippen molar-refractivity contribution in [2.24, 2.45) is 5.73 Å². The summed E-state index contributed by atoms with van der Waals surface area (Å²) in [5, 5.41) is 13.9. The number of alkyl carbamates (subject to hydrolysis) is 1. The molecule has 0 aromatic rings. The Bertz CT molecular complexity index is 224. The van der Waals surface area contributed by atoms with E-state index in [1.165, 1.54) is 0 Å². The fraction of sp³-hybridized carbons (Fsp3) is 0.800. The van der Waals surface area contributed by atoms with E-state index in [2.05, 4.69) is 15.4 Å². The van der Waals surface area contributed by atoms with Gasteiger partial charge in [-0.3, -0.25) is 0 Å². The summed E-state index contributed by atoms with van der Waals surface area (Å²) >= 11 is 0. The molecule has 0 saturated carbocycles. The van der Waals surface area contributed by atoms with E-state index >= 15 is 0 Å². The van der Waals surface area contributed by atoms with Gasteiger partial charge in [0.1, 0.15) is 0 Å². The minimum absolute atomic E-state index is 0.483. The molecule has 0 unspecified atom stereocenters. The zero-order valence-electron chi connectivity index (χ0n) is 9.91. The molecule has 17 heavy (non-hydrogen) atoms. The summed E-state index contributed by atoms with van der Waals surface area (Å²) in [5.41, 5.74) is 5.33. The summed E-state index contributed by atoms with van der Waals surface area (Å²) in [7, 11) is 0. The van der Waals surface area contributed by atoms with Crippen LogP contribution < -0.4 is 16.4 Å². The van der Waals surface area contributed by atoms with Crippen LogP contribution in [-0.2, 0) is 9.53 Å². The number of amides is 1. The van der Waals surface area contributed by atoms with Crippen LogP contribution in [0.5, 0.6) is 0 Å². The maximum Gasteiger partial charge on any atom is 0.407 e. The number of carboxylic acids is 1. The first-order chi connectivity index (χ1) is 8.16. The molecule has 0 fully saturated rings. The molecule has 100 valence electrons. The largest absolute Gasteiger partial charge is 0.479 e. The van der Waals surface area contributed by atoms with Gasteiger partial charge in [0.2, 0.25) is 0 Å². The second-order valence-electron chi connectivity index (χ2n) is 3.50. The Labute approximate surface area is 101 Å². The number of unbranched alkanes of at least 4 members (excludes halogenated alkanes) is 1. The molecule has 7 nitrogen and oxygen atoms in total. The first kappa shape index (κ1) is 15.7. The zero-order chi connectivity index (χ0) is 12.9. The number of hydrogen-bond donors (Lipinski definition) is 4. The number of nitrogens with one attached hydrogen (secondary N) is 2. The van der Waals surface area contributed by atoms with Crippen molar-refractivity contribution in [1.82, 2.24) is 10.6 Å². The van der Waals surface area contributed by atoms with Gasteiger partial charge in [-0.15, -0.1) is 0 Å². The summed E-state index contributed by atoms with van der Waals surface area (Å²) < 4.78 is 4.38.